The lowest BCUT2D eigenvalue weighted by Gasteiger charge is -2.40. The molecule has 4 N–H and O–H groups in total. The lowest BCUT2D eigenvalue weighted by Crippen LogP contribution is -2.51. The zero-order valence-electron chi connectivity index (χ0n) is 15.2. The molecule has 26 heavy (non-hydrogen) atoms. The third-order valence-corrected chi connectivity index (χ3v) is 5.68. The third-order valence-electron chi connectivity index (χ3n) is 5.68. The lowest BCUT2D eigenvalue weighted by molar-refractivity contribution is -0.139. The highest BCUT2D eigenvalue weighted by Crippen LogP contribution is 2.38. The van der Waals surface area contributed by atoms with Crippen molar-refractivity contribution in [2.24, 2.45) is 11.7 Å². The molecule has 2 aromatic heterocycles. The number of piperidine rings is 1. The van der Waals surface area contributed by atoms with Gasteiger partial charge in [-0.15, -0.1) is 0 Å². The zero-order chi connectivity index (χ0) is 18.4. The van der Waals surface area contributed by atoms with Crippen LogP contribution in [0, 0.1) is 5.92 Å². The molecular formula is C19H25N5O2. The predicted molar refractivity (Wildman–Crippen MR) is 99.8 cm³/mol. The molecule has 0 unspecified atom stereocenters. The van der Waals surface area contributed by atoms with Gasteiger partial charge in [-0.1, -0.05) is 13.8 Å². The first kappa shape index (κ1) is 16.9. The second kappa shape index (κ2) is 6.30. The number of amides is 2. The number of hydrogen-bond donors (Lipinski definition) is 3. The molecule has 0 saturated carbocycles. The summed E-state index contributed by atoms with van der Waals surface area (Å²) in [4.78, 5) is 33.8. The summed E-state index contributed by atoms with van der Waals surface area (Å²) in [6, 6.07) is 2.68. The highest BCUT2D eigenvalue weighted by Gasteiger charge is 2.43. The van der Waals surface area contributed by atoms with E-state index in [1.807, 2.05) is 19.9 Å². The number of anilines is 1. The van der Waals surface area contributed by atoms with Crippen molar-refractivity contribution in [1.82, 2.24) is 14.9 Å². The average Bonchev–Trinajstić information content (AvgIpc) is 3.17. The normalized spacial score (nSPS) is 25.0. The number of pyridine rings is 1. The van der Waals surface area contributed by atoms with Crippen molar-refractivity contribution in [3.05, 3.63) is 24.0 Å². The van der Waals surface area contributed by atoms with Crippen LogP contribution in [0.2, 0.25) is 0 Å². The number of aromatic nitrogens is 2. The molecule has 2 aliphatic heterocycles. The molecule has 2 aromatic rings. The van der Waals surface area contributed by atoms with Crippen molar-refractivity contribution in [3.63, 3.8) is 0 Å². The Labute approximate surface area is 152 Å². The Kier molecular flexibility index (Phi) is 4.09. The van der Waals surface area contributed by atoms with Gasteiger partial charge in [-0.3, -0.25) is 9.59 Å². The lowest BCUT2D eigenvalue weighted by atomic mass is 9.95. The van der Waals surface area contributed by atoms with Crippen LogP contribution in [0.15, 0.2) is 18.5 Å². The highest BCUT2D eigenvalue weighted by molar-refractivity contribution is 6.06. The molecule has 0 aromatic carbocycles. The topological polar surface area (TPSA) is 104 Å². The fraction of sp³-hybridized carbons (Fsp3) is 0.526. The number of hydrogen-bond acceptors (Lipinski definition) is 4. The molecule has 0 spiro atoms. The maximum Gasteiger partial charge on any atom is 0.252 e. The van der Waals surface area contributed by atoms with Gasteiger partial charge >= 0.3 is 0 Å². The van der Waals surface area contributed by atoms with Crippen molar-refractivity contribution < 1.29 is 9.59 Å². The molecule has 138 valence electrons. The smallest absolute Gasteiger partial charge is 0.252 e. The summed E-state index contributed by atoms with van der Waals surface area (Å²) in [6.45, 7) is 3.93. The minimum Gasteiger partial charge on any atom is -0.381 e. The third kappa shape index (κ3) is 2.71. The Morgan fingerprint density at radius 2 is 2.00 bits per heavy atom. The number of rotatable bonds is 4. The van der Waals surface area contributed by atoms with Gasteiger partial charge < -0.3 is 20.9 Å². The van der Waals surface area contributed by atoms with E-state index in [4.69, 9.17) is 5.73 Å². The number of fused-ring (bicyclic) bond motifs is 3. The molecule has 2 bridgehead atoms. The molecule has 4 heterocycles. The first-order chi connectivity index (χ1) is 12.5. The average molecular weight is 355 g/mol. The number of nitrogens with zero attached hydrogens (tertiary/aromatic N) is 2. The summed E-state index contributed by atoms with van der Waals surface area (Å²) in [5, 5.41) is 4.42. The molecule has 2 saturated heterocycles. The van der Waals surface area contributed by atoms with Gasteiger partial charge in [0.2, 0.25) is 5.91 Å². The van der Waals surface area contributed by atoms with Crippen molar-refractivity contribution >= 4 is 28.5 Å². The van der Waals surface area contributed by atoms with Gasteiger partial charge in [-0.25, -0.2) is 4.98 Å². The van der Waals surface area contributed by atoms with Crippen LogP contribution in [0.3, 0.4) is 0 Å². The first-order valence-corrected chi connectivity index (χ1v) is 9.30. The Bertz CT molecular complexity index is 845. The van der Waals surface area contributed by atoms with E-state index in [9.17, 15) is 9.59 Å². The van der Waals surface area contributed by atoms with Crippen molar-refractivity contribution in [2.45, 2.75) is 57.7 Å². The number of carbonyl (C=O) groups is 2. The van der Waals surface area contributed by atoms with Crippen molar-refractivity contribution in [1.29, 1.82) is 0 Å². The molecule has 2 aliphatic rings. The number of carbonyl (C=O) groups excluding carboxylic acids is 2. The van der Waals surface area contributed by atoms with Crippen LogP contribution in [-0.2, 0) is 4.79 Å². The van der Waals surface area contributed by atoms with Crippen LogP contribution in [-0.4, -0.2) is 44.8 Å². The van der Waals surface area contributed by atoms with Gasteiger partial charge in [0.05, 0.1) is 11.3 Å². The Balaban J connectivity index is 1.59. The number of primary amides is 1. The molecule has 0 aliphatic carbocycles. The number of H-pyrrole nitrogens is 1. The molecule has 2 fully saturated rings. The Hall–Kier alpha value is -2.57. The molecular weight excluding hydrogens is 330 g/mol. The van der Waals surface area contributed by atoms with E-state index in [1.165, 1.54) is 6.20 Å². The minimum absolute atomic E-state index is 0.0313. The van der Waals surface area contributed by atoms with E-state index in [0.717, 1.165) is 42.4 Å². The summed E-state index contributed by atoms with van der Waals surface area (Å²) in [5.74, 6) is -0.201. The fourth-order valence-electron chi connectivity index (χ4n) is 4.51. The molecule has 2 amide bonds. The van der Waals surface area contributed by atoms with Gasteiger partial charge in [-0.2, -0.15) is 0 Å². The maximum atomic E-state index is 12.5. The quantitative estimate of drug-likeness (QED) is 0.782. The van der Waals surface area contributed by atoms with Crippen LogP contribution in [0.5, 0.6) is 0 Å². The number of nitrogens with two attached hydrogens (primary N) is 1. The van der Waals surface area contributed by atoms with Crippen LogP contribution >= 0.6 is 0 Å². The van der Waals surface area contributed by atoms with Gasteiger partial charge in [0.15, 0.2) is 0 Å². The van der Waals surface area contributed by atoms with Gasteiger partial charge in [-0.05, 0) is 31.7 Å². The SMILES string of the molecule is CC(C)C(=O)N1[C@@H]2CC[C@H]1C[C@H](Nc1c(C(N)=O)cnc3[nH]ccc13)C2. The van der Waals surface area contributed by atoms with E-state index in [1.54, 1.807) is 6.20 Å². The van der Waals surface area contributed by atoms with E-state index >= 15 is 0 Å². The minimum atomic E-state index is -0.488. The van der Waals surface area contributed by atoms with E-state index in [-0.39, 0.29) is 30.0 Å². The first-order valence-electron chi connectivity index (χ1n) is 9.30. The van der Waals surface area contributed by atoms with Crippen LogP contribution in [0.4, 0.5) is 5.69 Å². The van der Waals surface area contributed by atoms with E-state index < -0.39 is 5.91 Å². The maximum absolute atomic E-state index is 12.5. The summed E-state index contributed by atoms with van der Waals surface area (Å²) in [7, 11) is 0. The molecule has 4 rings (SSSR count). The summed E-state index contributed by atoms with van der Waals surface area (Å²) in [5.41, 5.74) is 7.44. The second-order valence-corrected chi connectivity index (χ2v) is 7.75. The fourth-order valence-corrected chi connectivity index (χ4v) is 4.51. The predicted octanol–water partition coefficient (Wildman–Crippen LogP) is 2.25. The number of aromatic amines is 1. The standard InChI is InChI=1S/C19H25N5O2/c1-10(2)19(26)24-12-3-4-13(24)8-11(7-12)23-16-14-5-6-21-18(14)22-9-15(16)17(20)25/h5-6,9-13H,3-4,7-8H2,1-2H3,(H2,20,25)(H2,21,22,23)/t11-,12-,13+. The van der Waals surface area contributed by atoms with Gasteiger partial charge in [0.25, 0.3) is 5.91 Å². The zero-order valence-corrected chi connectivity index (χ0v) is 15.2. The van der Waals surface area contributed by atoms with Gasteiger partial charge in [0, 0.05) is 41.8 Å². The molecule has 0 radical (unpaired) electrons. The Morgan fingerprint density at radius 1 is 1.31 bits per heavy atom. The summed E-state index contributed by atoms with van der Waals surface area (Å²) >= 11 is 0. The number of nitrogens with one attached hydrogen (secondary N) is 2. The summed E-state index contributed by atoms with van der Waals surface area (Å²) in [6.07, 6.45) is 7.22. The van der Waals surface area contributed by atoms with E-state index in [2.05, 4.69) is 20.2 Å². The highest BCUT2D eigenvalue weighted by atomic mass is 16.2. The molecule has 7 nitrogen and oxygen atoms in total. The van der Waals surface area contributed by atoms with Crippen LogP contribution in [0.1, 0.15) is 49.9 Å². The van der Waals surface area contributed by atoms with Crippen molar-refractivity contribution in [2.75, 3.05) is 5.32 Å². The van der Waals surface area contributed by atoms with Crippen LogP contribution < -0.4 is 11.1 Å². The van der Waals surface area contributed by atoms with Crippen LogP contribution in [0.25, 0.3) is 11.0 Å². The largest absolute Gasteiger partial charge is 0.381 e. The molecule has 7 heteroatoms. The van der Waals surface area contributed by atoms with Gasteiger partial charge in [0.1, 0.15) is 5.65 Å². The second-order valence-electron chi connectivity index (χ2n) is 7.75. The Morgan fingerprint density at radius 3 is 2.62 bits per heavy atom. The van der Waals surface area contributed by atoms with E-state index in [0.29, 0.717) is 5.56 Å². The monoisotopic (exact) mass is 355 g/mol. The molecule has 3 atom stereocenters. The summed E-state index contributed by atoms with van der Waals surface area (Å²) < 4.78 is 0. The van der Waals surface area contributed by atoms with Crippen molar-refractivity contribution in [3.8, 4) is 0 Å².